The molecule has 17 heavy (non-hydrogen) atoms. The second kappa shape index (κ2) is 5.22. The number of piperidine rings is 1. The van der Waals surface area contributed by atoms with E-state index in [4.69, 9.17) is 0 Å². The Morgan fingerprint density at radius 2 is 1.76 bits per heavy atom. The van der Waals surface area contributed by atoms with Crippen LogP contribution in [0.25, 0.3) is 0 Å². The van der Waals surface area contributed by atoms with Crippen molar-refractivity contribution in [3.05, 3.63) is 0 Å². The summed E-state index contributed by atoms with van der Waals surface area (Å²) in [4.78, 5) is 0. The van der Waals surface area contributed by atoms with Crippen molar-refractivity contribution < 1.29 is 13.5 Å². The minimum Gasteiger partial charge on any atom is -0.393 e. The van der Waals surface area contributed by atoms with E-state index < -0.39 is 15.7 Å². The molecule has 0 saturated carbocycles. The quantitative estimate of drug-likeness (QED) is 0.789. The Hall–Kier alpha value is -0.170. The van der Waals surface area contributed by atoms with E-state index >= 15 is 0 Å². The van der Waals surface area contributed by atoms with E-state index in [0.29, 0.717) is 13.1 Å². The molecule has 0 aromatic heterocycles. The molecule has 1 unspecified atom stereocenters. The molecule has 1 aliphatic rings. The maximum Gasteiger partial charge on any atom is 0.279 e. The molecule has 0 radical (unpaired) electrons. The molecule has 6 heteroatoms. The van der Waals surface area contributed by atoms with Gasteiger partial charge in [-0.2, -0.15) is 17.4 Å². The molecule has 1 fully saturated rings. The molecule has 1 saturated heterocycles. The fraction of sp³-hybridized carbons (Fsp3) is 1.00. The zero-order valence-electron chi connectivity index (χ0n) is 11.1. The Bertz CT molecular complexity index is 338. The van der Waals surface area contributed by atoms with Crippen molar-refractivity contribution in [2.24, 2.45) is 5.92 Å². The predicted octanol–water partition coefficient (Wildman–Crippen LogP) is 0.712. The Kier molecular flexibility index (Phi) is 4.57. The van der Waals surface area contributed by atoms with Gasteiger partial charge in [0.05, 0.1) is 6.10 Å². The standard InChI is InChI=1S/C11H24N2O3S/c1-9(14)10-5-7-13(8-6-10)17(15,16)12-11(2,3)4/h9-10,12,14H,5-8H2,1-4H3. The highest BCUT2D eigenvalue weighted by atomic mass is 32.2. The van der Waals surface area contributed by atoms with Gasteiger partial charge in [0.25, 0.3) is 10.2 Å². The summed E-state index contributed by atoms with van der Waals surface area (Å²) in [6.07, 6.45) is 1.10. The van der Waals surface area contributed by atoms with E-state index in [9.17, 15) is 13.5 Å². The lowest BCUT2D eigenvalue weighted by Crippen LogP contribution is -2.51. The summed E-state index contributed by atoms with van der Waals surface area (Å²) < 4.78 is 28.2. The van der Waals surface area contributed by atoms with E-state index in [1.165, 1.54) is 4.31 Å². The Morgan fingerprint density at radius 1 is 1.29 bits per heavy atom. The third-order valence-corrected chi connectivity index (χ3v) is 4.87. The molecule has 1 heterocycles. The lowest BCUT2D eigenvalue weighted by molar-refractivity contribution is 0.0907. The second-order valence-corrected chi connectivity index (χ2v) is 7.50. The molecule has 0 aliphatic carbocycles. The molecule has 1 atom stereocenters. The van der Waals surface area contributed by atoms with Crippen LogP contribution in [0.5, 0.6) is 0 Å². The first kappa shape index (κ1) is 14.9. The molecule has 0 amide bonds. The first-order valence-electron chi connectivity index (χ1n) is 6.09. The topological polar surface area (TPSA) is 69.6 Å². The normalized spacial score (nSPS) is 22.6. The van der Waals surface area contributed by atoms with Crippen molar-refractivity contribution in [2.75, 3.05) is 13.1 Å². The van der Waals surface area contributed by atoms with Gasteiger partial charge in [0.2, 0.25) is 0 Å². The number of nitrogens with zero attached hydrogens (tertiary/aromatic N) is 1. The number of hydrogen-bond donors (Lipinski definition) is 2. The minimum absolute atomic E-state index is 0.219. The van der Waals surface area contributed by atoms with Gasteiger partial charge in [-0.25, -0.2) is 0 Å². The van der Waals surface area contributed by atoms with Crippen LogP contribution in [-0.4, -0.2) is 42.6 Å². The van der Waals surface area contributed by atoms with Crippen LogP contribution in [0.3, 0.4) is 0 Å². The van der Waals surface area contributed by atoms with E-state index in [0.717, 1.165) is 12.8 Å². The van der Waals surface area contributed by atoms with Crippen molar-refractivity contribution in [1.29, 1.82) is 0 Å². The highest BCUT2D eigenvalue weighted by Gasteiger charge is 2.31. The first-order valence-corrected chi connectivity index (χ1v) is 7.53. The molecular formula is C11H24N2O3S. The molecular weight excluding hydrogens is 240 g/mol. The minimum atomic E-state index is -3.39. The highest BCUT2D eigenvalue weighted by Crippen LogP contribution is 2.22. The van der Waals surface area contributed by atoms with Crippen LogP contribution in [0.15, 0.2) is 0 Å². The van der Waals surface area contributed by atoms with Crippen molar-refractivity contribution in [1.82, 2.24) is 9.03 Å². The highest BCUT2D eigenvalue weighted by molar-refractivity contribution is 7.87. The Balaban J connectivity index is 2.59. The van der Waals surface area contributed by atoms with Gasteiger partial charge in [0.15, 0.2) is 0 Å². The van der Waals surface area contributed by atoms with E-state index in [1.54, 1.807) is 6.92 Å². The summed E-state index contributed by atoms with van der Waals surface area (Å²) in [6.45, 7) is 8.22. The molecule has 1 aliphatic heterocycles. The summed E-state index contributed by atoms with van der Waals surface area (Å²) in [6, 6.07) is 0. The molecule has 2 N–H and O–H groups in total. The van der Waals surface area contributed by atoms with E-state index in [-0.39, 0.29) is 12.0 Å². The maximum atomic E-state index is 12.0. The number of aliphatic hydroxyl groups excluding tert-OH is 1. The SMILES string of the molecule is CC(O)C1CCN(S(=O)(=O)NC(C)(C)C)CC1. The summed E-state index contributed by atoms with van der Waals surface area (Å²) in [5.74, 6) is 0.219. The van der Waals surface area contributed by atoms with Crippen LogP contribution in [0.1, 0.15) is 40.5 Å². The van der Waals surface area contributed by atoms with Crippen LogP contribution in [0, 0.1) is 5.92 Å². The lowest BCUT2D eigenvalue weighted by atomic mass is 9.93. The number of aliphatic hydroxyl groups is 1. The Morgan fingerprint density at radius 3 is 2.12 bits per heavy atom. The number of nitrogens with one attached hydrogen (secondary N) is 1. The summed E-state index contributed by atoms with van der Waals surface area (Å²) >= 11 is 0. The molecule has 0 spiro atoms. The van der Waals surface area contributed by atoms with Crippen LogP contribution in [0.4, 0.5) is 0 Å². The average molecular weight is 264 g/mol. The van der Waals surface area contributed by atoms with Gasteiger partial charge in [-0.1, -0.05) is 0 Å². The fourth-order valence-corrected chi connectivity index (χ4v) is 3.64. The van der Waals surface area contributed by atoms with Crippen LogP contribution >= 0.6 is 0 Å². The zero-order valence-corrected chi connectivity index (χ0v) is 11.9. The van der Waals surface area contributed by atoms with Gasteiger partial charge < -0.3 is 5.11 Å². The van der Waals surface area contributed by atoms with Crippen LogP contribution in [0.2, 0.25) is 0 Å². The van der Waals surface area contributed by atoms with Gasteiger partial charge >= 0.3 is 0 Å². The van der Waals surface area contributed by atoms with Crippen LogP contribution < -0.4 is 4.72 Å². The second-order valence-electron chi connectivity index (χ2n) is 5.83. The number of hydrogen-bond acceptors (Lipinski definition) is 3. The number of rotatable bonds is 3. The van der Waals surface area contributed by atoms with Gasteiger partial charge in [0.1, 0.15) is 0 Å². The van der Waals surface area contributed by atoms with E-state index in [2.05, 4.69) is 4.72 Å². The maximum absolute atomic E-state index is 12.0. The third-order valence-electron chi connectivity index (χ3n) is 2.96. The van der Waals surface area contributed by atoms with Gasteiger partial charge in [-0.05, 0) is 46.5 Å². The molecule has 5 nitrogen and oxygen atoms in total. The summed E-state index contributed by atoms with van der Waals surface area (Å²) in [7, 11) is -3.39. The molecule has 102 valence electrons. The van der Waals surface area contributed by atoms with Gasteiger partial charge in [-0.15, -0.1) is 0 Å². The van der Waals surface area contributed by atoms with Crippen molar-refractivity contribution in [3.8, 4) is 0 Å². The lowest BCUT2D eigenvalue weighted by Gasteiger charge is -2.34. The largest absolute Gasteiger partial charge is 0.393 e. The molecule has 0 aromatic carbocycles. The Labute approximate surface area is 104 Å². The summed E-state index contributed by atoms with van der Waals surface area (Å²) in [5.41, 5.74) is -0.458. The van der Waals surface area contributed by atoms with Crippen molar-refractivity contribution in [3.63, 3.8) is 0 Å². The van der Waals surface area contributed by atoms with Crippen molar-refractivity contribution in [2.45, 2.75) is 52.2 Å². The average Bonchev–Trinajstić information content (AvgIpc) is 2.14. The molecule has 0 bridgehead atoms. The summed E-state index contributed by atoms with van der Waals surface area (Å²) in [5, 5.41) is 9.47. The van der Waals surface area contributed by atoms with Crippen LogP contribution in [-0.2, 0) is 10.2 Å². The smallest absolute Gasteiger partial charge is 0.279 e. The van der Waals surface area contributed by atoms with Gasteiger partial charge in [0, 0.05) is 18.6 Å². The zero-order chi connectivity index (χ0) is 13.3. The van der Waals surface area contributed by atoms with Gasteiger partial charge in [-0.3, -0.25) is 0 Å². The molecule has 1 rings (SSSR count). The monoisotopic (exact) mass is 264 g/mol. The molecule has 0 aromatic rings. The predicted molar refractivity (Wildman–Crippen MR) is 67.8 cm³/mol. The fourth-order valence-electron chi connectivity index (χ4n) is 2.05. The van der Waals surface area contributed by atoms with E-state index in [1.807, 2.05) is 20.8 Å². The van der Waals surface area contributed by atoms with Crippen molar-refractivity contribution >= 4 is 10.2 Å². The third kappa shape index (κ3) is 4.54. The first-order chi connectivity index (χ1) is 7.62.